The van der Waals surface area contributed by atoms with Gasteiger partial charge in [-0.3, -0.25) is 14.6 Å². The lowest BCUT2D eigenvalue weighted by Crippen LogP contribution is -2.44. The number of carboxylic acids is 1. The quantitative estimate of drug-likeness (QED) is 0.461. The van der Waals surface area contributed by atoms with Crippen molar-refractivity contribution >= 4 is 23.6 Å². The van der Waals surface area contributed by atoms with Gasteiger partial charge in [0, 0.05) is 37.8 Å². The second kappa shape index (κ2) is 13.4. The summed E-state index contributed by atoms with van der Waals surface area (Å²) in [7, 11) is 0. The molecule has 0 radical (unpaired) electrons. The smallest absolute Gasteiger partial charge is 0.326 e. The lowest BCUT2D eigenvalue weighted by atomic mass is 9.93. The molecule has 2 unspecified atom stereocenters. The first-order chi connectivity index (χ1) is 18.0. The molecule has 2 aromatic carbocycles. The number of nitrogens with one attached hydrogen (secondary N) is 1. The highest BCUT2D eigenvalue weighted by Gasteiger charge is 2.28. The molecule has 2 aliphatic rings. The third-order valence-corrected chi connectivity index (χ3v) is 8.08. The predicted octanol–water partition coefficient (Wildman–Crippen LogP) is 3.89. The highest BCUT2D eigenvalue weighted by atomic mass is 32.2. The fraction of sp³-hybridized carbons (Fsp3) is 0.517. The number of amides is 1. The number of carbonyl (C=O) groups is 2. The number of aliphatic carboxylic acids is 1. The van der Waals surface area contributed by atoms with E-state index in [2.05, 4.69) is 21.2 Å². The summed E-state index contributed by atoms with van der Waals surface area (Å²) in [5.41, 5.74) is 4.61. The highest BCUT2D eigenvalue weighted by Crippen LogP contribution is 2.30. The van der Waals surface area contributed by atoms with Crippen LogP contribution >= 0.6 is 11.8 Å². The van der Waals surface area contributed by atoms with Crippen molar-refractivity contribution in [1.82, 2.24) is 15.1 Å². The van der Waals surface area contributed by atoms with Gasteiger partial charge in [0.2, 0.25) is 0 Å². The lowest BCUT2D eigenvalue weighted by molar-refractivity contribution is -0.139. The van der Waals surface area contributed by atoms with Crippen LogP contribution in [0.2, 0.25) is 0 Å². The van der Waals surface area contributed by atoms with Gasteiger partial charge in [-0.1, -0.05) is 30.3 Å². The minimum Gasteiger partial charge on any atom is -0.480 e. The van der Waals surface area contributed by atoms with E-state index in [1.54, 1.807) is 11.8 Å². The van der Waals surface area contributed by atoms with Gasteiger partial charge >= 0.3 is 5.97 Å². The third-order valence-electron chi connectivity index (χ3n) is 7.44. The van der Waals surface area contributed by atoms with Gasteiger partial charge in [-0.15, -0.1) is 0 Å². The van der Waals surface area contributed by atoms with Crippen LogP contribution in [-0.2, 0) is 16.1 Å². The first-order valence-corrected chi connectivity index (χ1v) is 14.6. The van der Waals surface area contributed by atoms with Crippen molar-refractivity contribution in [3.63, 3.8) is 0 Å². The van der Waals surface area contributed by atoms with E-state index in [1.165, 1.54) is 18.4 Å². The van der Waals surface area contributed by atoms with Gasteiger partial charge in [0.15, 0.2) is 0 Å². The van der Waals surface area contributed by atoms with E-state index >= 15 is 0 Å². The Morgan fingerprint density at radius 1 is 1.14 bits per heavy atom. The molecule has 0 spiro atoms. The van der Waals surface area contributed by atoms with E-state index in [4.69, 9.17) is 4.74 Å². The number of carbonyl (C=O) groups excluding carboxylic acids is 1. The minimum absolute atomic E-state index is 0.343. The molecule has 200 valence electrons. The van der Waals surface area contributed by atoms with Crippen LogP contribution in [-0.4, -0.2) is 90.3 Å². The number of hydrogen-bond donors (Lipinski definition) is 2. The SMILES string of the molecule is CSCCC(NC(=O)c1ccc(CN2CCCC2CN2CCOCC2)cc1-c1ccccc1C)C(=O)O. The number of thioether (sulfide) groups is 1. The molecule has 2 saturated heterocycles. The molecule has 2 fully saturated rings. The molecule has 2 aromatic rings. The van der Waals surface area contributed by atoms with Crippen molar-refractivity contribution in [2.75, 3.05) is 51.4 Å². The van der Waals surface area contributed by atoms with Gasteiger partial charge in [-0.05, 0) is 79.1 Å². The van der Waals surface area contributed by atoms with Crippen LogP contribution in [0.5, 0.6) is 0 Å². The van der Waals surface area contributed by atoms with Crippen molar-refractivity contribution in [1.29, 1.82) is 0 Å². The Morgan fingerprint density at radius 2 is 1.92 bits per heavy atom. The van der Waals surface area contributed by atoms with Gasteiger partial charge < -0.3 is 15.2 Å². The van der Waals surface area contributed by atoms with Crippen LogP contribution in [0.25, 0.3) is 11.1 Å². The number of aryl methyl sites for hydroxylation is 1. The number of hydrogen-bond acceptors (Lipinski definition) is 6. The molecular weight excluding hydrogens is 486 g/mol. The Labute approximate surface area is 224 Å². The van der Waals surface area contributed by atoms with Crippen molar-refractivity contribution < 1.29 is 19.4 Å². The summed E-state index contributed by atoms with van der Waals surface area (Å²) in [6, 6.07) is 13.7. The van der Waals surface area contributed by atoms with Crippen molar-refractivity contribution in [3.8, 4) is 11.1 Å². The first kappa shape index (κ1) is 27.6. The second-order valence-corrected chi connectivity index (χ2v) is 11.0. The maximum absolute atomic E-state index is 13.4. The zero-order chi connectivity index (χ0) is 26.2. The van der Waals surface area contributed by atoms with Gasteiger partial charge in [-0.25, -0.2) is 4.79 Å². The third kappa shape index (κ3) is 7.35. The largest absolute Gasteiger partial charge is 0.480 e. The van der Waals surface area contributed by atoms with E-state index < -0.39 is 12.0 Å². The second-order valence-electron chi connectivity index (χ2n) is 10.0. The summed E-state index contributed by atoms with van der Waals surface area (Å²) in [5.74, 6) is -0.677. The molecular formula is C29H39N3O4S. The van der Waals surface area contributed by atoms with Crippen molar-refractivity contribution in [3.05, 3.63) is 59.2 Å². The monoisotopic (exact) mass is 525 g/mol. The van der Waals surface area contributed by atoms with Gasteiger partial charge in [0.1, 0.15) is 6.04 Å². The molecule has 0 saturated carbocycles. The van der Waals surface area contributed by atoms with Crippen molar-refractivity contribution in [2.24, 2.45) is 0 Å². The molecule has 7 nitrogen and oxygen atoms in total. The fourth-order valence-electron chi connectivity index (χ4n) is 5.34. The molecule has 1 amide bonds. The number of carboxylic acid groups (broad SMARTS) is 1. The molecule has 4 rings (SSSR count). The average molecular weight is 526 g/mol. The van der Waals surface area contributed by atoms with E-state index in [1.807, 2.05) is 49.6 Å². The number of likely N-dealkylation sites (tertiary alicyclic amines) is 1. The van der Waals surface area contributed by atoms with E-state index in [0.29, 0.717) is 23.8 Å². The standard InChI is InChI=1S/C29H39N3O4S/c1-21-6-3-4-8-24(21)26-18-22(9-10-25(26)28(33)30-27(29(34)35)11-17-37-2)19-32-12-5-7-23(32)20-31-13-15-36-16-14-31/h3-4,6,8-10,18,23,27H,5,7,11-17,19-20H2,1-2H3,(H,30,33)(H,34,35). The number of ether oxygens (including phenoxy) is 1. The van der Waals surface area contributed by atoms with Crippen LogP contribution in [0.15, 0.2) is 42.5 Å². The Bertz CT molecular complexity index is 1070. The maximum Gasteiger partial charge on any atom is 0.326 e. The molecule has 2 atom stereocenters. The summed E-state index contributed by atoms with van der Waals surface area (Å²) in [6.07, 6.45) is 4.73. The summed E-state index contributed by atoms with van der Waals surface area (Å²) in [4.78, 5) is 30.2. The van der Waals surface area contributed by atoms with Crippen LogP contribution in [0.3, 0.4) is 0 Å². The first-order valence-electron chi connectivity index (χ1n) is 13.2. The number of benzene rings is 2. The zero-order valence-corrected chi connectivity index (χ0v) is 22.8. The Kier molecular flexibility index (Phi) is 10.0. The molecule has 0 aromatic heterocycles. The summed E-state index contributed by atoms with van der Waals surface area (Å²) in [6.45, 7) is 8.65. The predicted molar refractivity (Wildman–Crippen MR) is 149 cm³/mol. The molecule has 2 aliphatic heterocycles. The molecule has 0 aliphatic carbocycles. The molecule has 8 heteroatoms. The Balaban J connectivity index is 1.57. The van der Waals surface area contributed by atoms with Gasteiger partial charge in [0.05, 0.1) is 13.2 Å². The lowest BCUT2D eigenvalue weighted by Gasteiger charge is -2.33. The molecule has 0 bridgehead atoms. The topological polar surface area (TPSA) is 82.1 Å². The highest BCUT2D eigenvalue weighted by molar-refractivity contribution is 7.98. The van der Waals surface area contributed by atoms with Crippen LogP contribution in [0.1, 0.15) is 40.7 Å². The van der Waals surface area contributed by atoms with E-state index in [-0.39, 0.29) is 5.91 Å². The summed E-state index contributed by atoms with van der Waals surface area (Å²) < 4.78 is 5.52. The Hall–Kier alpha value is -2.39. The maximum atomic E-state index is 13.4. The molecule has 37 heavy (non-hydrogen) atoms. The van der Waals surface area contributed by atoms with Gasteiger partial charge in [0.25, 0.3) is 5.91 Å². The van der Waals surface area contributed by atoms with Crippen molar-refractivity contribution in [2.45, 2.75) is 44.8 Å². The summed E-state index contributed by atoms with van der Waals surface area (Å²) in [5, 5.41) is 12.4. The molecule has 2 N–H and O–H groups in total. The number of rotatable bonds is 11. The fourth-order valence-corrected chi connectivity index (χ4v) is 5.81. The van der Waals surface area contributed by atoms with Crippen LogP contribution in [0.4, 0.5) is 0 Å². The molecule has 2 heterocycles. The average Bonchev–Trinajstić information content (AvgIpc) is 3.33. The van der Waals surface area contributed by atoms with E-state index in [0.717, 1.165) is 62.6 Å². The van der Waals surface area contributed by atoms with Crippen LogP contribution < -0.4 is 5.32 Å². The normalized spacial score (nSPS) is 19.6. The number of nitrogens with zero attached hydrogens (tertiary/aromatic N) is 2. The van der Waals surface area contributed by atoms with Crippen LogP contribution in [0, 0.1) is 6.92 Å². The van der Waals surface area contributed by atoms with E-state index in [9.17, 15) is 14.7 Å². The minimum atomic E-state index is -1.00. The zero-order valence-electron chi connectivity index (χ0n) is 21.9. The Morgan fingerprint density at radius 3 is 2.65 bits per heavy atom. The summed E-state index contributed by atoms with van der Waals surface area (Å²) >= 11 is 1.57. The number of morpholine rings is 1. The van der Waals surface area contributed by atoms with Gasteiger partial charge in [-0.2, -0.15) is 11.8 Å².